The number of anilines is 1. The maximum Gasteiger partial charge on any atom is 0.316 e. The predicted octanol–water partition coefficient (Wildman–Crippen LogP) is 2.56. The summed E-state index contributed by atoms with van der Waals surface area (Å²) in [6, 6.07) is 9.16. The molecule has 0 bridgehead atoms. The van der Waals surface area contributed by atoms with Crippen LogP contribution in [0.1, 0.15) is 15.9 Å². The van der Waals surface area contributed by atoms with Crippen LogP contribution in [0, 0.1) is 5.82 Å². The molecule has 2 aromatic carbocycles. The van der Waals surface area contributed by atoms with Crippen molar-refractivity contribution in [1.29, 1.82) is 0 Å². The Balaban J connectivity index is 2.52. The lowest BCUT2D eigenvalue weighted by molar-refractivity contribution is 0.103. The minimum atomic E-state index is -0.837. The van der Waals surface area contributed by atoms with Crippen molar-refractivity contribution in [2.75, 3.05) is 12.4 Å². The lowest BCUT2D eigenvalue weighted by atomic mass is 10.0. The number of amides is 2. The van der Waals surface area contributed by atoms with E-state index in [4.69, 9.17) is 10.5 Å². The van der Waals surface area contributed by atoms with Gasteiger partial charge in [0.25, 0.3) is 0 Å². The zero-order valence-electron chi connectivity index (χ0n) is 11.2. The first-order valence-electron chi connectivity index (χ1n) is 6.06. The first-order valence-corrected chi connectivity index (χ1v) is 6.06. The normalized spacial score (nSPS) is 10.0. The van der Waals surface area contributed by atoms with Crippen LogP contribution in [0.5, 0.6) is 5.75 Å². The van der Waals surface area contributed by atoms with E-state index in [9.17, 15) is 14.0 Å². The van der Waals surface area contributed by atoms with E-state index in [1.165, 1.54) is 13.2 Å². The van der Waals surface area contributed by atoms with Gasteiger partial charge in [-0.25, -0.2) is 9.18 Å². The van der Waals surface area contributed by atoms with E-state index >= 15 is 0 Å². The number of nitrogens with two attached hydrogens (primary N) is 1. The largest absolute Gasteiger partial charge is 0.496 e. The minimum absolute atomic E-state index is 0.00157. The molecule has 3 N–H and O–H groups in total. The number of halogens is 1. The van der Waals surface area contributed by atoms with Crippen molar-refractivity contribution in [2.45, 2.75) is 0 Å². The van der Waals surface area contributed by atoms with E-state index in [0.29, 0.717) is 5.75 Å². The highest BCUT2D eigenvalue weighted by Gasteiger charge is 2.18. The number of rotatable bonds is 4. The zero-order valence-corrected chi connectivity index (χ0v) is 11.2. The van der Waals surface area contributed by atoms with Crippen LogP contribution in [-0.4, -0.2) is 18.9 Å². The molecule has 0 aromatic heterocycles. The van der Waals surface area contributed by atoms with E-state index in [-0.39, 0.29) is 16.8 Å². The molecule has 0 saturated heterocycles. The molecule has 21 heavy (non-hydrogen) atoms. The van der Waals surface area contributed by atoms with Crippen molar-refractivity contribution < 1.29 is 18.7 Å². The highest BCUT2D eigenvalue weighted by atomic mass is 19.1. The van der Waals surface area contributed by atoms with Gasteiger partial charge in [-0.05, 0) is 30.3 Å². The number of nitrogens with one attached hydrogen (secondary N) is 1. The van der Waals surface area contributed by atoms with Crippen LogP contribution in [0.25, 0.3) is 0 Å². The van der Waals surface area contributed by atoms with Crippen LogP contribution in [0.3, 0.4) is 0 Å². The summed E-state index contributed by atoms with van der Waals surface area (Å²) >= 11 is 0. The van der Waals surface area contributed by atoms with Gasteiger partial charge in [-0.3, -0.25) is 4.79 Å². The second-order valence-electron chi connectivity index (χ2n) is 4.21. The molecule has 0 unspecified atom stereocenters. The molecule has 0 atom stereocenters. The Bertz CT molecular complexity index is 701. The third-order valence-corrected chi connectivity index (χ3v) is 2.84. The van der Waals surface area contributed by atoms with Crippen molar-refractivity contribution in [2.24, 2.45) is 5.73 Å². The summed E-state index contributed by atoms with van der Waals surface area (Å²) in [4.78, 5) is 23.5. The quantitative estimate of drug-likeness (QED) is 0.848. The number of carbonyl (C=O) groups excluding carboxylic acids is 2. The lowest BCUT2D eigenvalue weighted by Gasteiger charge is -2.11. The molecule has 2 aromatic rings. The van der Waals surface area contributed by atoms with Crippen LogP contribution < -0.4 is 15.8 Å². The summed E-state index contributed by atoms with van der Waals surface area (Å²) in [5, 5.41) is 2.30. The molecule has 108 valence electrons. The maximum atomic E-state index is 13.4. The Morgan fingerprint density at radius 2 is 1.86 bits per heavy atom. The maximum absolute atomic E-state index is 13.4. The lowest BCUT2D eigenvalue weighted by Crippen LogP contribution is -2.21. The Hall–Kier alpha value is -2.89. The Kier molecular flexibility index (Phi) is 4.18. The molecule has 0 aliphatic carbocycles. The van der Waals surface area contributed by atoms with Crippen LogP contribution in [-0.2, 0) is 0 Å². The van der Waals surface area contributed by atoms with Gasteiger partial charge in [-0.2, -0.15) is 0 Å². The fourth-order valence-corrected chi connectivity index (χ4v) is 1.92. The number of hydrogen-bond donors (Lipinski definition) is 2. The van der Waals surface area contributed by atoms with E-state index in [1.54, 1.807) is 24.3 Å². The number of methoxy groups -OCH3 is 1. The molecular formula is C15H13FN2O3. The van der Waals surface area contributed by atoms with Gasteiger partial charge in [0, 0.05) is 5.56 Å². The number of ketones is 1. The fraction of sp³-hybridized carbons (Fsp3) is 0.0667. The molecule has 0 aliphatic heterocycles. The van der Waals surface area contributed by atoms with Gasteiger partial charge >= 0.3 is 6.03 Å². The van der Waals surface area contributed by atoms with Gasteiger partial charge in [0.15, 0.2) is 5.78 Å². The van der Waals surface area contributed by atoms with Crippen LogP contribution in [0.2, 0.25) is 0 Å². The van der Waals surface area contributed by atoms with E-state index in [1.807, 2.05) is 0 Å². The molecule has 2 rings (SSSR count). The van der Waals surface area contributed by atoms with Gasteiger partial charge in [0.1, 0.15) is 11.6 Å². The Labute approximate surface area is 120 Å². The summed E-state index contributed by atoms with van der Waals surface area (Å²) in [6.07, 6.45) is 0. The third kappa shape index (κ3) is 3.17. The number of para-hydroxylation sites is 1. The standard InChI is InChI=1S/C15H13FN2O3/c1-21-13-5-3-2-4-10(13)14(19)11-8-9(16)6-7-12(11)18-15(17)20/h2-8H,1H3,(H3,17,18,20). The number of hydrogen-bond acceptors (Lipinski definition) is 3. The molecule has 0 heterocycles. The summed E-state index contributed by atoms with van der Waals surface area (Å²) in [5.74, 6) is -0.712. The molecule has 0 saturated carbocycles. The second kappa shape index (κ2) is 6.04. The van der Waals surface area contributed by atoms with E-state index in [2.05, 4.69) is 5.32 Å². The minimum Gasteiger partial charge on any atom is -0.496 e. The first kappa shape index (κ1) is 14.5. The topological polar surface area (TPSA) is 81.4 Å². The number of benzene rings is 2. The van der Waals surface area contributed by atoms with Crippen LogP contribution in [0.4, 0.5) is 14.9 Å². The van der Waals surface area contributed by atoms with Crippen LogP contribution in [0.15, 0.2) is 42.5 Å². The summed E-state index contributed by atoms with van der Waals surface area (Å²) < 4.78 is 18.5. The van der Waals surface area contributed by atoms with Crippen molar-refractivity contribution >= 4 is 17.5 Å². The highest BCUT2D eigenvalue weighted by Crippen LogP contribution is 2.25. The second-order valence-corrected chi connectivity index (χ2v) is 4.21. The van der Waals surface area contributed by atoms with Gasteiger partial charge in [0.05, 0.1) is 18.4 Å². The van der Waals surface area contributed by atoms with Crippen molar-refractivity contribution in [3.63, 3.8) is 0 Å². The van der Waals surface area contributed by atoms with Crippen molar-refractivity contribution in [3.8, 4) is 5.75 Å². The smallest absolute Gasteiger partial charge is 0.316 e. The summed E-state index contributed by atoms with van der Waals surface area (Å²) in [7, 11) is 1.43. The number of carbonyl (C=O) groups is 2. The number of primary amides is 1. The molecule has 2 amide bonds. The van der Waals surface area contributed by atoms with E-state index < -0.39 is 17.6 Å². The number of ether oxygens (including phenoxy) is 1. The van der Waals surface area contributed by atoms with Gasteiger partial charge in [-0.15, -0.1) is 0 Å². The summed E-state index contributed by atoms with van der Waals surface area (Å²) in [6.45, 7) is 0. The highest BCUT2D eigenvalue weighted by molar-refractivity contribution is 6.15. The van der Waals surface area contributed by atoms with Gasteiger partial charge < -0.3 is 15.8 Å². The molecular weight excluding hydrogens is 275 g/mol. The average Bonchev–Trinajstić information content (AvgIpc) is 2.48. The predicted molar refractivity (Wildman–Crippen MR) is 76.0 cm³/mol. The average molecular weight is 288 g/mol. The van der Waals surface area contributed by atoms with E-state index in [0.717, 1.165) is 12.1 Å². The van der Waals surface area contributed by atoms with Crippen molar-refractivity contribution in [3.05, 3.63) is 59.4 Å². The SMILES string of the molecule is COc1ccccc1C(=O)c1cc(F)ccc1NC(N)=O. The molecule has 5 nitrogen and oxygen atoms in total. The summed E-state index contributed by atoms with van der Waals surface area (Å²) in [5.41, 5.74) is 5.45. The third-order valence-electron chi connectivity index (χ3n) is 2.84. The monoisotopic (exact) mass is 288 g/mol. The molecule has 0 fully saturated rings. The van der Waals surface area contributed by atoms with Gasteiger partial charge in [-0.1, -0.05) is 12.1 Å². The molecule has 0 spiro atoms. The van der Waals surface area contributed by atoms with Gasteiger partial charge in [0.2, 0.25) is 0 Å². The zero-order chi connectivity index (χ0) is 15.4. The molecule has 6 heteroatoms. The van der Waals surface area contributed by atoms with Crippen LogP contribution >= 0.6 is 0 Å². The Morgan fingerprint density at radius 1 is 1.14 bits per heavy atom. The first-order chi connectivity index (χ1) is 10.0. The fourth-order valence-electron chi connectivity index (χ4n) is 1.92. The molecule has 0 radical (unpaired) electrons. The van der Waals surface area contributed by atoms with Crippen molar-refractivity contribution in [1.82, 2.24) is 0 Å². The molecule has 0 aliphatic rings. The number of urea groups is 1. The Morgan fingerprint density at radius 3 is 2.52 bits per heavy atom.